The largest absolute Gasteiger partial charge is 0.349 e. The van der Waals surface area contributed by atoms with Crippen LogP contribution in [0, 0.1) is 6.92 Å². The molecule has 0 radical (unpaired) electrons. The van der Waals surface area contributed by atoms with E-state index in [0.717, 1.165) is 5.69 Å². The molecule has 20 heavy (non-hydrogen) atoms. The predicted octanol–water partition coefficient (Wildman–Crippen LogP) is -0.778. The first kappa shape index (κ1) is 14.4. The SMILES string of the molecule is CC(=O)N1CCN[C@@H](C(=O)NCc2cnc(C)cn2)C1. The Bertz CT molecular complexity index is 488. The third-order valence-corrected chi connectivity index (χ3v) is 3.22. The molecule has 1 atom stereocenters. The molecule has 2 heterocycles. The molecule has 0 spiro atoms. The zero-order valence-electron chi connectivity index (χ0n) is 11.7. The van der Waals surface area contributed by atoms with Crippen LogP contribution in [0.2, 0.25) is 0 Å². The summed E-state index contributed by atoms with van der Waals surface area (Å²) < 4.78 is 0. The van der Waals surface area contributed by atoms with Crippen LogP contribution in [0.15, 0.2) is 12.4 Å². The molecule has 1 aliphatic heterocycles. The topological polar surface area (TPSA) is 87.2 Å². The first-order valence-electron chi connectivity index (χ1n) is 6.60. The van der Waals surface area contributed by atoms with Gasteiger partial charge in [0.25, 0.3) is 0 Å². The van der Waals surface area contributed by atoms with Gasteiger partial charge in [0.2, 0.25) is 11.8 Å². The van der Waals surface area contributed by atoms with Gasteiger partial charge in [-0.15, -0.1) is 0 Å². The molecular weight excluding hydrogens is 258 g/mol. The van der Waals surface area contributed by atoms with Crippen molar-refractivity contribution in [3.05, 3.63) is 23.8 Å². The Morgan fingerprint density at radius 3 is 2.90 bits per heavy atom. The van der Waals surface area contributed by atoms with Crippen LogP contribution in [0.4, 0.5) is 0 Å². The molecule has 0 aromatic carbocycles. The molecule has 0 bridgehead atoms. The summed E-state index contributed by atoms with van der Waals surface area (Å²) >= 11 is 0. The molecular formula is C13H19N5O2. The minimum Gasteiger partial charge on any atom is -0.349 e. The van der Waals surface area contributed by atoms with Gasteiger partial charge in [0, 0.05) is 32.8 Å². The molecule has 1 aromatic rings. The van der Waals surface area contributed by atoms with Crippen LogP contribution in [0.5, 0.6) is 0 Å². The molecule has 0 saturated carbocycles. The highest BCUT2D eigenvalue weighted by atomic mass is 16.2. The number of carbonyl (C=O) groups excluding carboxylic acids is 2. The number of nitrogens with one attached hydrogen (secondary N) is 2. The number of nitrogens with zero attached hydrogens (tertiary/aromatic N) is 3. The molecule has 108 valence electrons. The fourth-order valence-electron chi connectivity index (χ4n) is 2.02. The summed E-state index contributed by atoms with van der Waals surface area (Å²) in [5.41, 5.74) is 1.55. The van der Waals surface area contributed by atoms with E-state index in [1.54, 1.807) is 17.3 Å². The van der Waals surface area contributed by atoms with Crippen molar-refractivity contribution in [2.45, 2.75) is 26.4 Å². The standard InChI is InChI=1S/C13H19N5O2/c1-9-5-16-11(6-15-9)7-17-13(20)12-8-18(10(2)19)4-3-14-12/h5-6,12,14H,3-4,7-8H2,1-2H3,(H,17,20)/t12-/m1/s1. The van der Waals surface area contributed by atoms with Crippen LogP contribution in [-0.4, -0.2) is 52.4 Å². The second-order valence-corrected chi connectivity index (χ2v) is 4.84. The quantitative estimate of drug-likeness (QED) is 0.757. The number of amides is 2. The van der Waals surface area contributed by atoms with Crippen LogP contribution < -0.4 is 10.6 Å². The van der Waals surface area contributed by atoms with Crippen LogP contribution in [0.1, 0.15) is 18.3 Å². The van der Waals surface area contributed by atoms with Crippen molar-refractivity contribution in [1.29, 1.82) is 0 Å². The summed E-state index contributed by atoms with van der Waals surface area (Å²) in [6.45, 7) is 5.38. The zero-order chi connectivity index (χ0) is 14.5. The van der Waals surface area contributed by atoms with Gasteiger partial charge in [-0.05, 0) is 6.92 Å². The molecule has 0 aliphatic carbocycles. The van der Waals surface area contributed by atoms with Gasteiger partial charge in [0.15, 0.2) is 0 Å². The summed E-state index contributed by atoms with van der Waals surface area (Å²) in [5.74, 6) is -0.132. The third-order valence-electron chi connectivity index (χ3n) is 3.22. The molecule has 2 rings (SSSR count). The Kier molecular flexibility index (Phi) is 4.62. The van der Waals surface area contributed by atoms with Crippen LogP contribution in [0.3, 0.4) is 0 Å². The summed E-state index contributed by atoms with van der Waals surface area (Å²) in [6.07, 6.45) is 3.31. The van der Waals surface area contributed by atoms with Gasteiger partial charge in [-0.2, -0.15) is 0 Å². The summed E-state index contributed by atoms with van der Waals surface area (Å²) in [5, 5.41) is 5.91. The first-order chi connectivity index (χ1) is 9.56. The van der Waals surface area contributed by atoms with E-state index >= 15 is 0 Å². The fraction of sp³-hybridized carbons (Fsp3) is 0.538. The van der Waals surface area contributed by atoms with Crippen molar-refractivity contribution >= 4 is 11.8 Å². The van der Waals surface area contributed by atoms with Gasteiger partial charge in [-0.25, -0.2) is 0 Å². The molecule has 1 fully saturated rings. The highest BCUT2D eigenvalue weighted by molar-refractivity contribution is 5.83. The number of rotatable bonds is 3. The van der Waals surface area contributed by atoms with Crippen LogP contribution >= 0.6 is 0 Å². The molecule has 7 heteroatoms. The molecule has 2 N–H and O–H groups in total. The van der Waals surface area contributed by atoms with E-state index in [9.17, 15) is 9.59 Å². The van der Waals surface area contributed by atoms with E-state index in [1.165, 1.54) is 6.92 Å². The lowest BCUT2D eigenvalue weighted by atomic mass is 10.2. The highest BCUT2D eigenvalue weighted by Gasteiger charge is 2.26. The Hall–Kier alpha value is -2.02. The van der Waals surface area contributed by atoms with Gasteiger partial charge < -0.3 is 15.5 Å². The van der Waals surface area contributed by atoms with Crippen molar-refractivity contribution in [3.8, 4) is 0 Å². The average Bonchev–Trinajstić information content (AvgIpc) is 2.46. The maximum Gasteiger partial charge on any atom is 0.239 e. The van der Waals surface area contributed by atoms with Gasteiger partial charge >= 0.3 is 0 Å². The molecule has 1 aromatic heterocycles. The smallest absolute Gasteiger partial charge is 0.239 e. The number of aromatic nitrogens is 2. The van der Waals surface area contributed by atoms with E-state index in [2.05, 4.69) is 20.6 Å². The van der Waals surface area contributed by atoms with Crippen molar-refractivity contribution in [1.82, 2.24) is 25.5 Å². The maximum atomic E-state index is 12.0. The number of aryl methyl sites for hydroxylation is 1. The lowest BCUT2D eigenvalue weighted by molar-refractivity contribution is -0.132. The predicted molar refractivity (Wildman–Crippen MR) is 72.7 cm³/mol. The van der Waals surface area contributed by atoms with Crippen LogP contribution in [0.25, 0.3) is 0 Å². The van der Waals surface area contributed by atoms with E-state index in [1.807, 2.05) is 6.92 Å². The van der Waals surface area contributed by atoms with Crippen molar-refractivity contribution in [2.24, 2.45) is 0 Å². The summed E-state index contributed by atoms with van der Waals surface area (Å²) in [6, 6.07) is -0.369. The average molecular weight is 277 g/mol. The van der Waals surface area contributed by atoms with Crippen molar-refractivity contribution in [3.63, 3.8) is 0 Å². The van der Waals surface area contributed by atoms with Gasteiger partial charge in [-0.1, -0.05) is 0 Å². The molecule has 0 unspecified atom stereocenters. The normalized spacial score (nSPS) is 18.7. The number of piperazine rings is 1. The highest BCUT2D eigenvalue weighted by Crippen LogP contribution is 2.01. The number of hydrogen-bond donors (Lipinski definition) is 2. The Morgan fingerprint density at radius 1 is 1.45 bits per heavy atom. The van der Waals surface area contributed by atoms with E-state index in [0.29, 0.717) is 31.9 Å². The number of hydrogen-bond acceptors (Lipinski definition) is 5. The lowest BCUT2D eigenvalue weighted by Crippen LogP contribution is -2.57. The maximum absolute atomic E-state index is 12.0. The molecule has 1 saturated heterocycles. The third kappa shape index (κ3) is 3.74. The minimum atomic E-state index is -0.369. The van der Waals surface area contributed by atoms with Gasteiger partial charge in [-0.3, -0.25) is 19.6 Å². The van der Waals surface area contributed by atoms with Crippen molar-refractivity contribution in [2.75, 3.05) is 19.6 Å². The van der Waals surface area contributed by atoms with Gasteiger partial charge in [0.1, 0.15) is 6.04 Å². The Labute approximate surface area is 117 Å². The summed E-state index contributed by atoms with van der Waals surface area (Å²) in [7, 11) is 0. The monoisotopic (exact) mass is 277 g/mol. The Morgan fingerprint density at radius 2 is 2.25 bits per heavy atom. The van der Waals surface area contributed by atoms with Gasteiger partial charge in [0.05, 0.1) is 24.1 Å². The van der Waals surface area contributed by atoms with Crippen molar-refractivity contribution < 1.29 is 9.59 Å². The van der Waals surface area contributed by atoms with Crippen LogP contribution in [-0.2, 0) is 16.1 Å². The Balaban J connectivity index is 1.85. The first-order valence-corrected chi connectivity index (χ1v) is 6.60. The molecule has 1 aliphatic rings. The lowest BCUT2D eigenvalue weighted by Gasteiger charge is -2.32. The zero-order valence-corrected chi connectivity index (χ0v) is 11.7. The van der Waals surface area contributed by atoms with E-state index in [4.69, 9.17) is 0 Å². The minimum absolute atomic E-state index is 0.00583. The summed E-state index contributed by atoms with van der Waals surface area (Å²) in [4.78, 5) is 33.3. The van der Waals surface area contributed by atoms with E-state index in [-0.39, 0.29) is 17.9 Å². The molecule has 7 nitrogen and oxygen atoms in total. The number of carbonyl (C=O) groups is 2. The second-order valence-electron chi connectivity index (χ2n) is 4.84. The molecule has 2 amide bonds. The van der Waals surface area contributed by atoms with E-state index < -0.39 is 0 Å². The second kappa shape index (κ2) is 6.42. The fourth-order valence-corrected chi connectivity index (χ4v) is 2.02.